The molecule has 1 saturated heterocycles. The fourth-order valence-electron chi connectivity index (χ4n) is 4.05. The zero-order chi connectivity index (χ0) is 24.1. The Hall–Kier alpha value is -2.68. The van der Waals surface area contributed by atoms with Gasteiger partial charge in [-0.25, -0.2) is 4.98 Å². The molecule has 4 rings (SSSR count). The Morgan fingerprint density at radius 2 is 1.76 bits per heavy atom. The maximum atomic E-state index is 13.8. The number of aromatic nitrogens is 1. The van der Waals surface area contributed by atoms with E-state index in [1.807, 2.05) is 24.8 Å². The van der Waals surface area contributed by atoms with Crippen molar-refractivity contribution in [3.05, 3.63) is 47.0 Å². The molecule has 0 radical (unpaired) electrons. The third-order valence-electron chi connectivity index (χ3n) is 5.94. The molecule has 0 atom stereocenters. The van der Waals surface area contributed by atoms with Crippen molar-refractivity contribution < 1.29 is 19.0 Å². The highest BCUT2D eigenvalue weighted by molar-refractivity contribution is 7.22. The Labute approximate surface area is 205 Å². The monoisotopic (exact) mass is 483 g/mol. The van der Waals surface area contributed by atoms with E-state index in [2.05, 4.69) is 30.9 Å². The van der Waals surface area contributed by atoms with Gasteiger partial charge in [0, 0.05) is 31.7 Å². The van der Waals surface area contributed by atoms with Gasteiger partial charge in [-0.1, -0.05) is 23.5 Å². The molecule has 182 valence electrons. The van der Waals surface area contributed by atoms with Crippen LogP contribution in [0.5, 0.6) is 11.5 Å². The first kappa shape index (κ1) is 24.4. The third kappa shape index (κ3) is 5.35. The topological polar surface area (TPSA) is 64.1 Å². The molecule has 7 nitrogen and oxygen atoms in total. The minimum atomic E-state index is -0.0911. The number of hydrogen-bond donors (Lipinski definition) is 0. The number of morpholine rings is 1. The minimum Gasteiger partial charge on any atom is -0.490 e. The van der Waals surface area contributed by atoms with Gasteiger partial charge in [-0.05, 0) is 57.0 Å². The second kappa shape index (κ2) is 11.2. The third-order valence-corrected chi connectivity index (χ3v) is 7.15. The summed E-state index contributed by atoms with van der Waals surface area (Å²) in [5.74, 6) is 1.14. The Bertz CT molecular complexity index is 1100. The van der Waals surface area contributed by atoms with E-state index in [1.54, 1.807) is 23.5 Å². The van der Waals surface area contributed by atoms with Gasteiger partial charge < -0.3 is 14.2 Å². The van der Waals surface area contributed by atoms with E-state index in [4.69, 9.17) is 19.2 Å². The second-order valence-electron chi connectivity index (χ2n) is 8.31. The zero-order valence-electron chi connectivity index (χ0n) is 20.4. The highest BCUT2D eigenvalue weighted by atomic mass is 32.1. The minimum absolute atomic E-state index is 0.0911. The highest BCUT2D eigenvalue weighted by Crippen LogP contribution is 2.35. The SMILES string of the molecule is CCOc1ccc(C(=O)N(CCN2CCOCC2)c2nc3c(C)ccc(C)c3s2)cc1OCC. The van der Waals surface area contributed by atoms with Gasteiger partial charge in [0.25, 0.3) is 5.91 Å². The molecule has 1 amide bonds. The van der Waals surface area contributed by atoms with Crippen LogP contribution in [0.15, 0.2) is 30.3 Å². The lowest BCUT2D eigenvalue weighted by Gasteiger charge is -2.29. The predicted molar refractivity (Wildman–Crippen MR) is 137 cm³/mol. The van der Waals surface area contributed by atoms with E-state index in [0.717, 1.165) is 53.8 Å². The van der Waals surface area contributed by atoms with Crippen molar-refractivity contribution in [1.82, 2.24) is 9.88 Å². The normalized spacial score (nSPS) is 14.4. The van der Waals surface area contributed by atoms with Crippen molar-refractivity contribution in [3.8, 4) is 11.5 Å². The van der Waals surface area contributed by atoms with Gasteiger partial charge >= 0.3 is 0 Å². The molecule has 1 aliphatic heterocycles. The summed E-state index contributed by atoms with van der Waals surface area (Å²) >= 11 is 1.58. The number of anilines is 1. The van der Waals surface area contributed by atoms with Crippen molar-refractivity contribution in [2.24, 2.45) is 0 Å². The molecule has 0 aliphatic carbocycles. The second-order valence-corrected chi connectivity index (χ2v) is 9.29. The number of fused-ring (bicyclic) bond motifs is 1. The van der Waals surface area contributed by atoms with E-state index in [9.17, 15) is 4.79 Å². The quantitative estimate of drug-likeness (QED) is 0.440. The number of carbonyl (C=O) groups is 1. The van der Waals surface area contributed by atoms with Crippen LogP contribution in [0.1, 0.15) is 35.3 Å². The number of carbonyl (C=O) groups excluding carboxylic acids is 1. The van der Waals surface area contributed by atoms with E-state index in [-0.39, 0.29) is 5.91 Å². The molecule has 3 aromatic rings. The van der Waals surface area contributed by atoms with Crippen LogP contribution >= 0.6 is 11.3 Å². The lowest BCUT2D eigenvalue weighted by Crippen LogP contribution is -2.43. The van der Waals surface area contributed by atoms with E-state index >= 15 is 0 Å². The predicted octanol–water partition coefficient (Wildman–Crippen LogP) is 4.69. The van der Waals surface area contributed by atoms with Crippen LogP contribution in [0, 0.1) is 13.8 Å². The molecule has 1 aliphatic rings. The Kier molecular flexibility index (Phi) is 8.03. The number of ether oxygens (including phenoxy) is 3. The lowest BCUT2D eigenvalue weighted by molar-refractivity contribution is 0.0391. The van der Waals surface area contributed by atoms with Crippen molar-refractivity contribution in [2.75, 3.05) is 57.5 Å². The number of aryl methyl sites for hydroxylation is 2. The van der Waals surface area contributed by atoms with Crippen LogP contribution in [0.4, 0.5) is 5.13 Å². The van der Waals surface area contributed by atoms with Gasteiger partial charge in [0.05, 0.1) is 36.6 Å². The summed E-state index contributed by atoms with van der Waals surface area (Å²) in [5, 5.41) is 0.720. The van der Waals surface area contributed by atoms with Crippen molar-refractivity contribution in [2.45, 2.75) is 27.7 Å². The summed E-state index contributed by atoms with van der Waals surface area (Å²) < 4.78 is 18.1. The lowest BCUT2D eigenvalue weighted by atomic mass is 10.1. The Morgan fingerprint density at radius 3 is 2.47 bits per heavy atom. The van der Waals surface area contributed by atoms with E-state index in [0.29, 0.717) is 36.8 Å². The number of benzene rings is 2. The summed E-state index contributed by atoms with van der Waals surface area (Å²) in [6, 6.07) is 9.60. The van der Waals surface area contributed by atoms with Gasteiger partial charge in [-0.3, -0.25) is 14.6 Å². The molecule has 0 bridgehead atoms. The van der Waals surface area contributed by atoms with Crippen LogP contribution < -0.4 is 14.4 Å². The molecule has 0 spiro atoms. The molecule has 34 heavy (non-hydrogen) atoms. The summed E-state index contributed by atoms with van der Waals surface area (Å²) in [7, 11) is 0. The molecule has 0 N–H and O–H groups in total. The first-order valence-corrected chi connectivity index (χ1v) is 12.7. The molecular weight excluding hydrogens is 450 g/mol. The smallest absolute Gasteiger partial charge is 0.260 e. The molecule has 8 heteroatoms. The van der Waals surface area contributed by atoms with E-state index in [1.165, 1.54) is 5.56 Å². The molecule has 0 saturated carbocycles. The number of amides is 1. The molecule has 2 aromatic carbocycles. The molecule has 1 fully saturated rings. The van der Waals surface area contributed by atoms with Gasteiger partial charge in [0.1, 0.15) is 0 Å². The van der Waals surface area contributed by atoms with Crippen molar-refractivity contribution in [3.63, 3.8) is 0 Å². The zero-order valence-corrected chi connectivity index (χ0v) is 21.2. The van der Waals surface area contributed by atoms with Crippen LogP contribution in [0.25, 0.3) is 10.2 Å². The number of thiazole rings is 1. The van der Waals surface area contributed by atoms with Gasteiger partial charge in [0.15, 0.2) is 16.6 Å². The number of hydrogen-bond acceptors (Lipinski definition) is 7. The fraction of sp³-hybridized carbons (Fsp3) is 0.462. The van der Waals surface area contributed by atoms with Crippen LogP contribution in [-0.4, -0.2) is 68.4 Å². The molecule has 2 heterocycles. The molecule has 1 aromatic heterocycles. The highest BCUT2D eigenvalue weighted by Gasteiger charge is 2.24. The van der Waals surface area contributed by atoms with Crippen LogP contribution in [-0.2, 0) is 4.74 Å². The number of nitrogens with zero attached hydrogens (tertiary/aromatic N) is 3. The average Bonchev–Trinajstić information content (AvgIpc) is 3.30. The van der Waals surface area contributed by atoms with Gasteiger partial charge in [0.2, 0.25) is 0 Å². The van der Waals surface area contributed by atoms with Crippen molar-refractivity contribution in [1.29, 1.82) is 0 Å². The van der Waals surface area contributed by atoms with Crippen LogP contribution in [0.3, 0.4) is 0 Å². The van der Waals surface area contributed by atoms with Crippen molar-refractivity contribution >= 4 is 32.6 Å². The fourth-order valence-corrected chi connectivity index (χ4v) is 5.19. The standard InChI is InChI=1S/C26H33N3O4S/c1-5-32-21-10-9-20(17-22(21)33-6-2)25(30)29(12-11-28-13-15-31-16-14-28)26-27-23-18(3)7-8-19(4)24(23)34-26/h7-10,17H,5-6,11-16H2,1-4H3. The van der Waals surface area contributed by atoms with E-state index < -0.39 is 0 Å². The van der Waals surface area contributed by atoms with Gasteiger partial charge in [-0.2, -0.15) is 0 Å². The van der Waals surface area contributed by atoms with Gasteiger partial charge in [-0.15, -0.1) is 0 Å². The van der Waals surface area contributed by atoms with Crippen LogP contribution in [0.2, 0.25) is 0 Å². The summed E-state index contributed by atoms with van der Waals surface area (Å²) in [5.41, 5.74) is 3.81. The summed E-state index contributed by atoms with van der Waals surface area (Å²) in [6.07, 6.45) is 0. The molecular formula is C26H33N3O4S. The largest absolute Gasteiger partial charge is 0.490 e. The number of rotatable bonds is 9. The maximum absolute atomic E-state index is 13.8. The Morgan fingerprint density at radius 1 is 1.06 bits per heavy atom. The Balaban J connectivity index is 1.69. The maximum Gasteiger partial charge on any atom is 0.260 e. The summed E-state index contributed by atoms with van der Waals surface area (Å²) in [6.45, 7) is 13.5. The first-order valence-electron chi connectivity index (χ1n) is 11.9. The average molecular weight is 484 g/mol. The first-order chi connectivity index (χ1) is 16.5. The molecule has 0 unspecified atom stereocenters. The summed E-state index contributed by atoms with van der Waals surface area (Å²) in [4.78, 5) is 22.9.